The van der Waals surface area contributed by atoms with E-state index in [9.17, 15) is 14.3 Å². The van der Waals surface area contributed by atoms with Gasteiger partial charge in [0.05, 0.1) is 12.1 Å². The van der Waals surface area contributed by atoms with Crippen LogP contribution in [0.25, 0.3) is 0 Å². The molecule has 1 heterocycles. The van der Waals surface area contributed by atoms with Crippen LogP contribution < -0.4 is 0 Å². The predicted molar refractivity (Wildman–Crippen MR) is 67.3 cm³/mol. The highest BCUT2D eigenvalue weighted by Crippen LogP contribution is 2.29. The van der Waals surface area contributed by atoms with E-state index >= 15 is 0 Å². The summed E-state index contributed by atoms with van der Waals surface area (Å²) in [5.74, 6) is -0.891. The summed E-state index contributed by atoms with van der Waals surface area (Å²) in [6, 6.07) is 3.46. The van der Waals surface area contributed by atoms with E-state index in [1.54, 1.807) is 0 Å². The first-order chi connectivity index (χ1) is 8.40. The van der Waals surface area contributed by atoms with E-state index in [1.807, 2.05) is 0 Å². The van der Waals surface area contributed by atoms with Gasteiger partial charge in [-0.15, -0.1) is 0 Å². The Bertz CT molecular complexity index is 471. The molecule has 1 aromatic rings. The van der Waals surface area contributed by atoms with Crippen molar-refractivity contribution in [3.05, 3.63) is 29.6 Å². The van der Waals surface area contributed by atoms with E-state index in [1.165, 1.54) is 6.07 Å². The average molecular weight is 251 g/mol. The topological polar surface area (TPSA) is 40.5 Å². The molecule has 0 radical (unpaired) electrons. The highest BCUT2D eigenvalue weighted by molar-refractivity contribution is 6.00. The molecule has 1 N–H and O–H groups in total. The fourth-order valence-electron chi connectivity index (χ4n) is 2.45. The molecular formula is C14H18FNO2. The third-order valence-electron chi connectivity index (χ3n) is 3.67. The van der Waals surface area contributed by atoms with Gasteiger partial charge in [-0.25, -0.2) is 4.39 Å². The van der Waals surface area contributed by atoms with E-state index < -0.39 is 5.82 Å². The highest BCUT2D eigenvalue weighted by atomic mass is 19.1. The van der Waals surface area contributed by atoms with Crippen molar-refractivity contribution in [2.45, 2.75) is 32.2 Å². The third kappa shape index (κ3) is 2.53. The second kappa shape index (κ2) is 4.69. The summed E-state index contributed by atoms with van der Waals surface area (Å²) in [7, 11) is 0. The van der Waals surface area contributed by atoms with Gasteiger partial charge >= 0.3 is 0 Å². The molecule has 0 saturated carbocycles. The maximum absolute atomic E-state index is 13.1. The monoisotopic (exact) mass is 251 g/mol. The van der Waals surface area contributed by atoms with Crippen LogP contribution in [0.4, 0.5) is 4.39 Å². The Labute approximate surface area is 106 Å². The van der Waals surface area contributed by atoms with Crippen molar-refractivity contribution in [1.82, 2.24) is 4.90 Å². The Hall–Kier alpha value is -1.42. The van der Waals surface area contributed by atoms with Crippen LogP contribution in [0.1, 0.15) is 37.0 Å². The number of carbonyl (C=O) groups excluding carboxylic acids is 1. The molecule has 1 fully saturated rings. The zero-order chi connectivity index (χ0) is 13.3. The lowest BCUT2D eigenvalue weighted by Gasteiger charge is -2.30. The van der Waals surface area contributed by atoms with E-state index in [4.69, 9.17) is 0 Å². The van der Waals surface area contributed by atoms with E-state index in [0.717, 1.165) is 31.5 Å². The standard InChI is InChI=1S/C14H18FNO2/c1-14(2)6-3-7-16(14)9-13(18)11-8-10(15)4-5-12(11)17/h4-5,8,17H,3,6-7,9H2,1-2H3. The fraction of sp³-hybridized carbons (Fsp3) is 0.500. The summed E-state index contributed by atoms with van der Waals surface area (Å²) in [6.07, 6.45) is 2.12. The number of hydrogen-bond acceptors (Lipinski definition) is 3. The van der Waals surface area contributed by atoms with Gasteiger partial charge in [0.15, 0.2) is 5.78 Å². The Morgan fingerprint density at radius 3 is 2.83 bits per heavy atom. The minimum Gasteiger partial charge on any atom is -0.507 e. The van der Waals surface area contributed by atoms with Gasteiger partial charge in [-0.05, 0) is 51.4 Å². The fourth-order valence-corrected chi connectivity index (χ4v) is 2.45. The molecule has 0 bridgehead atoms. The molecule has 2 rings (SSSR count). The molecule has 98 valence electrons. The van der Waals surface area contributed by atoms with Gasteiger partial charge in [0.1, 0.15) is 11.6 Å². The Kier molecular flexibility index (Phi) is 3.39. The van der Waals surface area contributed by atoms with Crippen LogP contribution in [-0.4, -0.2) is 34.4 Å². The van der Waals surface area contributed by atoms with Crippen LogP contribution in [0.5, 0.6) is 5.75 Å². The first-order valence-electron chi connectivity index (χ1n) is 6.17. The van der Waals surface area contributed by atoms with E-state index in [-0.39, 0.29) is 29.2 Å². The molecule has 0 unspecified atom stereocenters. The largest absolute Gasteiger partial charge is 0.507 e. The summed E-state index contributed by atoms with van der Waals surface area (Å²) >= 11 is 0. The zero-order valence-corrected chi connectivity index (χ0v) is 10.7. The Morgan fingerprint density at radius 1 is 1.50 bits per heavy atom. The predicted octanol–water partition coefficient (Wildman–Crippen LogP) is 2.59. The van der Waals surface area contributed by atoms with Crippen molar-refractivity contribution in [3.63, 3.8) is 0 Å². The summed E-state index contributed by atoms with van der Waals surface area (Å²) in [6.45, 7) is 5.29. The number of carbonyl (C=O) groups is 1. The molecule has 1 aromatic carbocycles. The summed E-state index contributed by atoms with van der Waals surface area (Å²) in [4.78, 5) is 14.2. The van der Waals surface area contributed by atoms with Crippen molar-refractivity contribution in [3.8, 4) is 5.75 Å². The lowest BCUT2D eigenvalue weighted by atomic mass is 10.0. The van der Waals surface area contributed by atoms with Gasteiger partial charge in [0.25, 0.3) is 0 Å². The number of rotatable bonds is 3. The number of ketones is 1. The summed E-state index contributed by atoms with van der Waals surface area (Å²) < 4.78 is 13.1. The quantitative estimate of drug-likeness (QED) is 0.839. The second-order valence-corrected chi connectivity index (χ2v) is 5.42. The maximum Gasteiger partial charge on any atom is 0.180 e. The third-order valence-corrected chi connectivity index (χ3v) is 3.67. The molecule has 1 aliphatic heterocycles. The minimum atomic E-state index is -0.503. The number of phenols is 1. The molecule has 0 aromatic heterocycles. The van der Waals surface area contributed by atoms with Crippen molar-refractivity contribution in [2.24, 2.45) is 0 Å². The lowest BCUT2D eigenvalue weighted by Crippen LogP contribution is -2.41. The smallest absolute Gasteiger partial charge is 0.180 e. The maximum atomic E-state index is 13.1. The van der Waals surface area contributed by atoms with Crippen LogP contribution in [0.3, 0.4) is 0 Å². The molecule has 4 heteroatoms. The van der Waals surface area contributed by atoms with Crippen molar-refractivity contribution < 1.29 is 14.3 Å². The second-order valence-electron chi connectivity index (χ2n) is 5.42. The Balaban J connectivity index is 2.15. The molecular weight excluding hydrogens is 233 g/mol. The molecule has 0 amide bonds. The van der Waals surface area contributed by atoms with Crippen molar-refractivity contribution >= 4 is 5.78 Å². The molecule has 0 aliphatic carbocycles. The number of nitrogens with zero attached hydrogens (tertiary/aromatic N) is 1. The number of benzene rings is 1. The normalized spacial score (nSPS) is 19.1. The van der Waals surface area contributed by atoms with Gasteiger partial charge in [0.2, 0.25) is 0 Å². The number of likely N-dealkylation sites (tertiary alicyclic amines) is 1. The molecule has 1 saturated heterocycles. The van der Waals surface area contributed by atoms with Gasteiger partial charge in [-0.2, -0.15) is 0 Å². The average Bonchev–Trinajstić information content (AvgIpc) is 2.62. The number of Topliss-reactive ketones (excluding diaryl/α,β-unsaturated/α-hetero) is 1. The van der Waals surface area contributed by atoms with Crippen LogP contribution in [0.15, 0.2) is 18.2 Å². The highest BCUT2D eigenvalue weighted by Gasteiger charge is 2.33. The van der Waals surface area contributed by atoms with Crippen LogP contribution in [0.2, 0.25) is 0 Å². The van der Waals surface area contributed by atoms with Crippen molar-refractivity contribution in [1.29, 1.82) is 0 Å². The van der Waals surface area contributed by atoms with Crippen molar-refractivity contribution in [2.75, 3.05) is 13.1 Å². The van der Waals surface area contributed by atoms with Crippen LogP contribution in [0, 0.1) is 5.82 Å². The van der Waals surface area contributed by atoms with E-state index in [2.05, 4.69) is 18.7 Å². The summed E-state index contributed by atoms with van der Waals surface area (Å²) in [5, 5.41) is 9.60. The Morgan fingerprint density at radius 2 is 2.22 bits per heavy atom. The van der Waals surface area contributed by atoms with Gasteiger partial charge in [0, 0.05) is 5.54 Å². The SMILES string of the molecule is CC1(C)CCCN1CC(=O)c1cc(F)ccc1O. The number of aromatic hydroxyl groups is 1. The molecule has 1 aliphatic rings. The molecule has 3 nitrogen and oxygen atoms in total. The zero-order valence-electron chi connectivity index (χ0n) is 10.7. The summed E-state index contributed by atoms with van der Waals surface area (Å²) in [5.41, 5.74) is 0.0659. The number of halogens is 1. The first kappa shape index (κ1) is 13.0. The molecule has 18 heavy (non-hydrogen) atoms. The van der Waals surface area contributed by atoms with Crippen LogP contribution >= 0.6 is 0 Å². The molecule has 0 atom stereocenters. The minimum absolute atomic E-state index is 0.00138. The number of phenolic OH excluding ortho intramolecular Hbond substituents is 1. The number of hydrogen-bond donors (Lipinski definition) is 1. The first-order valence-corrected chi connectivity index (χ1v) is 6.17. The van der Waals surface area contributed by atoms with Gasteiger partial charge in [-0.3, -0.25) is 9.69 Å². The lowest BCUT2D eigenvalue weighted by molar-refractivity contribution is 0.0868. The van der Waals surface area contributed by atoms with Gasteiger partial charge < -0.3 is 5.11 Å². The molecule has 0 spiro atoms. The van der Waals surface area contributed by atoms with Crippen LogP contribution in [-0.2, 0) is 0 Å². The van der Waals surface area contributed by atoms with E-state index in [0.29, 0.717) is 0 Å². The van der Waals surface area contributed by atoms with Gasteiger partial charge in [-0.1, -0.05) is 0 Å².